The highest BCUT2D eigenvalue weighted by atomic mass is 16.6. The maximum atomic E-state index is 12.7. The molecule has 1 aliphatic rings. The fourth-order valence-electron chi connectivity index (χ4n) is 4.30. The lowest BCUT2D eigenvalue weighted by molar-refractivity contribution is -0.0489. The molecule has 194 valence electrons. The maximum absolute atomic E-state index is 12.7. The van der Waals surface area contributed by atoms with E-state index < -0.39 is 24.4 Å². The van der Waals surface area contributed by atoms with Gasteiger partial charge in [-0.2, -0.15) is 5.10 Å². The second-order valence-corrected chi connectivity index (χ2v) is 8.46. The molecule has 5 rings (SSSR count). The molecule has 2 aromatic carbocycles. The van der Waals surface area contributed by atoms with Crippen LogP contribution in [0.5, 0.6) is 5.75 Å². The molecule has 2 aromatic heterocycles. The van der Waals surface area contributed by atoms with E-state index in [2.05, 4.69) is 20.4 Å². The van der Waals surface area contributed by atoms with Crippen molar-refractivity contribution in [1.29, 1.82) is 0 Å². The molecule has 10 nitrogen and oxygen atoms in total. The lowest BCUT2D eigenvalue weighted by Crippen LogP contribution is -2.33. The predicted octanol–water partition coefficient (Wildman–Crippen LogP) is 3.82. The summed E-state index contributed by atoms with van der Waals surface area (Å²) in [7, 11) is 1.62. The Balaban J connectivity index is 0.00000320. The first-order chi connectivity index (χ1) is 17.6. The van der Waals surface area contributed by atoms with Crippen molar-refractivity contribution < 1.29 is 24.1 Å². The largest absolute Gasteiger partial charge is 0.497 e. The zero-order chi connectivity index (χ0) is 25.1. The van der Waals surface area contributed by atoms with Crippen molar-refractivity contribution >= 4 is 17.4 Å². The highest BCUT2D eigenvalue weighted by molar-refractivity contribution is 6.05. The second-order valence-electron chi connectivity index (χ2n) is 8.46. The van der Waals surface area contributed by atoms with Crippen LogP contribution in [-0.4, -0.2) is 56.0 Å². The zero-order valence-corrected chi connectivity index (χ0v) is 19.9. The number of ether oxygens (including phenoxy) is 3. The van der Waals surface area contributed by atoms with E-state index in [1.54, 1.807) is 42.1 Å². The topological polar surface area (TPSA) is 120 Å². The normalized spacial score (nSPS) is 20.9. The number of rotatable bonds is 8. The van der Waals surface area contributed by atoms with Gasteiger partial charge in [0.15, 0.2) is 11.5 Å². The molecular weight excluding hydrogens is 474 g/mol. The number of carbonyl (C=O) groups excluding carboxylic acids is 1. The monoisotopic (exact) mass is 505 g/mol. The fraction of sp³-hybridized carbons (Fsp3) is 0.333. The number of aliphatic hydroxyl groups is 1. The van der Waals surface area contributed by atoms with Crippen molar-refractivity contribution in [2.24, 2.45) is 0 Å². The van der Waals surface area contributed by atoms with Gasteiger partial charge in [-0.15, -0.1) is 0 Å². The number of benzene rings is 2. The number of carbonyl (C=O) groups is 1. The van der Waals surface area contributed by atoms with E-state index in [9.17, 15) is 9.90 Å². The molecule has 1 amide bonds. The molecule has 10 heteroatoms. The van der Waals surface area contributed by atoms with Gasteiger partial charge in [0.2, 0.25) is 0 Å². The van der Waals surface area contributed by atoms with Gasteiger partial charge in [-0.1, -0.05) is 44.7 Å². The molecule has 0 bridgehead atoms. The van der Waals surface area contributed by atoms with Crippen LogP contribution in [0.3, 0.4) is 0 Å². The van der Waals surface area contributed by atoms with Crippen LogP contribution in [0, 0.1) is 0 Å². The van der Waals surface area contributed by atoms with Crippen molar-refractivity contribution in [3.8, 4) is 5.75 Å². The van der Waals surface area contributed by atoms with Gasteiger partial charge in [0.1, 0.15) is 30.4 Å². The molecule has 1 saturated heterocycles. The summed E-state index contributed by atoms with van der Waals surface area (Å²) >= 11 is 0. The van der Waals surface area contributed by atoms with Gasteiger partial charge >= 0.3 is 0 Å². The molecular formula is C27H31N5O5. The number of nitrogens with zero attached hydrogens (tertiary/aromatic N) is 4. The third-order valence-electron chi connectivity index (χ3n) is 6.23. The second kappa shape index (κ2) is 11.5. The number of amides is 1. The molecule has 1 aliphatic heterocycles. The summed E-state index contributed by atoms with van der Waals surface area (Å²) < 4.78 is 19.1. The highest BCUT2D eigenvalue weighted by Gasteiger charge is 2.46. The Bertz CT molecular complexity index is 1330. The van der Waals surface area contributed by atoms with Crippen molar-refractivity contribution in [2.75, 3.05) is 12.4 Å². The maximum Gasteiger partial charge on any atom is 0.256 e. The Morgan fingerprint density at radius 3 is 2.59 bits per heavy atom. The minimum atomic E-state index is -0.831. The SMILES string of the molecule is C.CC[C@H]1O[C@@H](c2cnc3c(NC(=O)c4ccccc4)ncnn23)[C@H](OCc2ccc(OC)cc2)[C@@H]1O. The minimum absolute atomic E-state index is 0. The first kappa shape index (κ1) is 26.2. The van der Waals surface area contributed by atoms with Gasteiger partial charge in [0, 0.05) is 5.56 Å². The average molecular weight is 506 g/mol. The van der Waals surface area contributed by atoms with Crippen LogP contribution in [0.15, 0.2) is 67.1 Å². The van der Waals surface area contributed by atoms with Gasteiger partial charge in [-0.25, -0.2) is 14.5 Å². The van der Waals surface area contributed by atoms with E-state index in [1.807, 2.05) is 37.3 Å². The Morgan fingerprint density at radius 1 is 1.14 bits per heavy atom. The number of methoxy groups -OCH3 is 1. The molecule has 0 aliphatic carbocycles. The van der Waals surface area contributed by atoms with Crippen LogP contribution < -0.4 is 10.1 Å². The van der Waals surface area contributed by atoms with Crippen molar-refractivity contribution in [3.05, 3.63) is 83.9 Å². The fourth-order valence-corrected chi connectivity index (χ4v) is 4.30. The van der Waals surface area contributed by atoms with Crippen molar-refractivity contribution in [1.82, 2.24) is 19.6 Å². The molecule has 0 radical (unpaired) electrons. The number of nitrogens with one attached hydrogen (secondary N) is 1. The van der Waals surface area contributed by atoms with E-state index in [0.717, 1.165) is 11.3 Å². The predicted molar refractivity (Wildman–Crippen MR) is 137 cm³/mol. The Labute approximate surface area is 215 Å². The Hall–Kier alpha value is -3.86. The summed E-state index contributed by atoms with van der Waals surface area (Å²) in [4.78, 5) is 21.3. The van der Waals surface area contributed by atoms with Gasteiger partial charge in [-0.3, -0.25) is 4.79 Å². The third kappa shape index (κ3) is 5.31. The minimum Gasteiger partial charge on any atom is -0.497 e. The molecule has 4 aromatic rings. The first-order valence-electron chi connectivity index (χ1n) is 11.7. The van der Waals surface area contributed by atoms with E-state index >= 15 is 0 Å². The molecule has 0 unspecified atom stereocenters. The molecule has 0 spiro atoms. The van der Waals surface area contributed by atoms with Crippen molar-refractivity contribution in [3.63, 3.8) is 0 Å². The zero-order valence-electron chi connectivity index (χ0n) is 19.9. The molecule has 3 heterocycles. The first-order valence-corrected chi connectivity index (χ1v) is 11.7. The summed E-state index contributed by atoms with van der Waals surface area (Å²) in [6.07, 6.45) is 1.07. The highest BCUT2D eigenvalue weighted by Crippen LogP contribution is 2.37. The number of aromatic nitrogens is 4. The van der Waals surface area contributed by atoms with E-state index in [4.69, 9.17) is 14.2 Å². The Kier molecular flexibility index (Phi) is 8.12. The van der Waals surface area contributed by atoms with Crippen LogP contribution in [0.25, 0.3) is 5.65 Å². The number of anilines is 1. The number of fused-ring (bicyclic) bond motifs is 1. The number of aliphatic hydroxyl groups excluding tert-OH is 1. The lowest BCUT2D eigenvalue weighted by atomic mass is 10.0. The number of hydrogen-bond donors (Lipinski definition) is 2. The summed E-state index contributed by atoms with van der Waals surface area (Å²) in [6, 6.07) is 16.4. The van der Waals surface area contributed by atoms with E-state index in [1.165, 1.54) is 6.33 Å². The van der Waals surface area contributed by atoms with Crippen LogP contribution in [0.1, 0.15) is 48.5 Å². The summed E-state index contributed by atoms with van der Waals surface area (Å²) in [6.45, 7) is 2.23. The molecule has 4 atom stereocenters. The van der Waals surface area contributed by atoms with Crippen LogP contribution in [0.4, 0.5) is 5.82 Å². The molecule has 1 fully saturated rings. The smallest absolute Gasteiger partial charge is 0.256 e. The molecule has 0 saturated carbocycles. The van der Waals surface area contributed by atoms with Gasteiger partial charge in [0.25, 0.3) is 5.91 Å². The summed E-state index contributed by atoms with van der Waals surface area (Å²) in [5.74, 6) is 0.721. The van der Waals surface area contributed by atoms with Gasteiger partial charge in [0.05, 0.1) is 31.7 Å². The Morgan fingerprint density at radius 2 is 1.89 bits per heavy atom. The van der Waals surface area contributed by atoms with Crippen LogP contribution >= 0.6 is 0 Å². The molecule has 37 heavy (non-hydrogen) atoms. The van der Waals surface area contributed by atoms with E-state index in [-0.39, 0.29) is 25.8 Å². The van der Waals surface area contributed by atoms with Crippen molar-refractivity contribution in [2.45, 2.75) is 51.8 Å². The quantitative estimate of drug-likeness (QED) is 0.371. The summed E-state index contributed by atoms with van der Waals surface area (Å²) in [5.41, 5.74) is 2.40. The number of imidazole rings is 1. The lowest BCUT2D eigenvalue weighted by Gasteiger charge is -2.21. The summed E-state index contributed by atoms with van der Waals surface area (Å²) in [5, 5.41) is 18.1. The standard InChI is InChI=1S/C26H27N5O5.CH4/c1-3-20-21(32)23(35-14-16-9-11-18(34-2)12-10-16)22(36-20)19-13-27-25-24(28-15-29-31(19)25)30-26(33)17-7-5-4-6-8-17;/h4-13,15,20-23,32H,3,14H2,1-2H3,(H,28,29,30,33);1H4/t20-,21-,22+,23-;/m1./s1. The van der Waals surface area contributed by atoms with Gasteiger partial charge in [-0.05, 0) is 36.2 Å². The van der Waals surface area contributed by atoms with E-state index in [0.29, 0.717) is 23.3 Å². The number of hydrogen-bond acceptors (Lipinski definition) is 8. The van der Waals surface area contributed by atoms with Crippen LogP contribution in [-0.2, 0) is 16.1 Å². The third-order valence-corrected chi connectivity index (χ3v) is 6.23. The van der Waals surface area contributed by atoms with Gasteiger partial charge < -0.3 is 24.6 Å². The van der Waals surface area contributed by atoms with Crippen LogP contribution in [0.2, 0.25) is 0 Å². The average Bonchev–Trinajstić information content (AvgIpc) is 3.49. The molecule has 2 N–H and O–H groups in total.